The number of esters is 1. The Morgan fingerprint density at radius 2 is 1.84 bits per heavy atom. The number of methoxy groups -OCH3 is 1. The molecule has 0 saturated carbocycles. The van der Waals surface area contributed by atoms with Crippen LogP contribution in [0.2, 0.25) is 0 Å². The Labute approximate surface area is 147 Å². The summed E-state index contributed by atoms with van der Waals surface area (Å²) in [5.74, 6) is -1.01. The topological polar surface area (TPSA) is 87.7 Å². The van der Waals surface area contributed by atoms with Crippen molar-refractivity contribution in [1.29, 1.82) is 0 Å². The lowest BCUT2D eigenvalue weighted by Crippen LogP contribution is -2.59. The van der Waals surface area contributed by atoms with E-state index in [0.29, 0.717) is 11.4 Å². The van der Waals surface area contributed by atoms with Crippen molar-refractivity contribution >= 4 is 29.3 Å². The molecule has 0 unspecified atom stereocenters. The fourth-order valence-electron chi connectivity index (χ4n) is 2.93. The second-order valence-corrected chi connectivity index (χ2v) is 6.76. The van der Waals surface area contributed by atoms with Crippen molar-refractivity contribution in [3.63, 3.8) is 0 Å². The van der Waals surface area contributed by atoms with Gasteiger partial charge in [0, 0.05) is 0 Å². The van der Waals surface area contributed by atoms with E-state index < -0.39 is 24.1 Å². The van der Waals surface area contributed by atoms with Crippen LogP contribution in [0.25, 0.3) is 0 Å². The molecule has 0 aliphatic carbocycles. The number of urea groups is 1. The number of rotatable bonds is 4. The lowest BCUT2D eigenvalue weighted by molar-refractivity contribution is -0.143. The van der Waals surface area contributed by atoms with Gasteiger partial charge in [0.15, 0.2) is 0 Å². The third kappa shape index (κ3) is 3.75. The minimum Gasteiger partial charge on any atom is -0.467 e. The highest BCUT2D eigenvalue weighted by atomic mass is 16.5. The van der Waals surface area contributed by atoms with Crippen LogP contribution in [-0.4, -0.2) is 37.1 Å². The van der Waals surface area contributed by atoms with E-state index in [-0.39, 0.29) is 17.7 Å². The van der Waals surface area contributed by atoms with Crippen molar-refractivity contribution in [2.75, 3.05) is 17.3 Å². The van der Waals surface area contributed by atoms with Crippen molar-refractivity contribution in [2.24, 2.45) is 11.8 Å². The zero-order chi connectivity index (χ0) is 18.7. The second-order valence-electron chi connectivity index (χ2n) is 6.76. The van der Waals surface area contributed by atoms with Crippen molar-refractivity contribution in [3.8, 4) is 0 Å². The van der Waals surface area contributed by atoms with Gasteiger partial charge in [-0.3, -0.25) is 9.69 Å². The molecule has 3 amide bonds. The normalized spacial score (nSPS) is 17.8. The Balaban J connectivity index is 2.40. The van der Waals surface area contributed by atoms with E-state index in [0.717, 1.165) is 0 Å². The summed E-state index contributed by atoms with van der Waals surface area (Å²) in [6, 6.07) is 5.15. The molecule has 7 nitrogen and oxygen atoms in total. The third-order valence-electron chi connectivity index (χ3n) is 4.22. The van der Waals surface area contributed by atoms with Crippen molar-refractivity contribution in [1.82, 2.24) is 5.32 Å². The van der Waals surface area contributed by atoms with Gasteiger partial charge in [-0.2, -0.15) is 0 Å². The highest BCUT2D eigenvalue weighted by Gasteiger charge is 2.40. The van der Waals surface area contributed by atoms with Crippen LogP contribution >= 0.6 is 0 Å². The molecule has 2 N–H and O–H groups in total. The molecular formula is C18H25N3O4. The number of hydrogen-bond donors (Lipinski definition) is 2. The van der Waals surface area contributed by atoms with Gasteiger partial charge in [0.25, 0.3) is 0 Å². The monoisotopic (exact) mass is 347 g/mol. The van der Waals surface area contributed by atoms with Gasteiger partial charge in [0.2, 0.25) is 5.91 Å². The van der Waals surface area contributed by atoms with Crippen LogP contribution in [0.4, 0.5) is 16.2 Å². The molecule has 136 valence electrons. The van der Waals surface area contributed by atoms with E-state index in [1.807, 2.05) is 27.7 Å². The Hall–Kier alpha value is -2.57. The first-order valence-corrected chi connectivity index (χ1v) is 8.35. The molecule has 7 heteroatoms. The molecule has 1 aromatic rings. The summed E-state index contributed by atoms with van der Waals surface area (Å²) in [6.45, 7) is 7.38. The quantitative estimate of drug-likeness (QED) is 0.819. The predicted octanol–water partition coefficient (Wildman–Crippen LogP) is 2.38. The molecule has 2 atom stereocenters. The van der Waals surface area contributed by atoms with Crippen LogP contribution in [0.3, 0.4) is 0 Å². The largest absolute Gasteiger partial charge is 0.467 e. The summed E-state index contributed by atoms with van der Waals surface area (Å²) in [5, 5.41) is 5.55. The number of nitrogens with zero attached hydrogens (tertiary/aromatic N) is 1. The third-order valence-corrected chi connectivity index (χ3v) is 4.22. The number of fused-ring (bicyclic) bond motifs is 1. The summed E-state index contributed by atoms with van der Waals surface area (Å²) in [6.07, 6.45) is 0. The zero-order valence-corrected chi connectivity index (χ0v) is 15.2. The van der Waals surface area contributed by atoms with Crippen LogP contribution in [-0.2, 0) is 14.3 Å². The van der Waals surface area contributed by atoms with Crippen LogP contribution in [0.5, 0.6) is 0 Å². The van der Waals surface area contributed by atoms with Crippen molar-refractivity contribution in [3.05, 3.63) is 24.3 Å². The smallest absolute Gasteiger partial charge is 0.328 e. The number of ether oxygens (including phenoxy) is 1. The number of carbonyl (C=O) groups is 3. The van der Waals surface area contributed by atoms with Gasteiger partial charge in [-0.25, -0.2) is 9.59 Å². The van der Waals surface area contributed by atoms with Gasteiger partial charge >= 0.3 is 12.0 Å². The van der Waals surface area contributed by atoms with Crippen LogP contribution in [0, 0.1) is 11.8 Å². The maximum Gasteiger partial charge on any atom is 0.328 e. The molecule has 1 aromatic carbocycles. The Bertz CT molecular complexity index is 672. The molecule has 25 heavy (non-hydrogen) atoms. The maximum absolute atomic E-state index is 13.0. The highest BCUT2D eigenvalue weighted by Crippen LogP contribution is 2.34. The fraction of sp³-hybridized carbons (Fsp3) is 0.500. The van der Waals surface area contributed by atoms with Crippen molar-refractivity contribution in [2.45, 2.75) is 39.8 Å². The maximum atomic E-state index is 13.0. The van der Waals surface area contributed by atoms with E-state index in [4.69, 9.17) is 4.74 Å². The summed E-state index contributed by atoms with van der Waals surface area (Å²) >= 11 is 0. The number of carbonyl (C=O) groups excluding carboxylic acids is 3. The van der Waals surface area contributed by atoms with Gasteiger partial charge in [-0.05, 0) is 24.0 Å². The van der Waals surface area contributed by atoms with Gasteiger partial charge in [-0.1, -0.05) is 39.8 Å². The minimum absolute atomic E-state index is 0.102. The lowest BCUT2D eigenvalue weighted by atomic mass is 9.97. The molecule has 0 bridgehead atoms. The van der Waals surface area contributed by atoms with E-state index in [2.05, 4.69) is 10.6 Å². The number of benzene rings is 1. The van der Waals surface area contributed by atoms with Crippen molar-refractivity contribution < 1.29 is 19.1 Å². The molecule has 0 saturated heterocycles. The first-order chi connectivity index (χ1) is 11.8. The van der Waals surface area contributed by atoms with Gasteiger partial charge in [0.1, 0.15) is 12.1 Å². The van der Waals surface area contributed by atoms with E-state index in [1.54, 1.807) is 24.3 Å². The average molecular weight is 347 g/mol. The van der Waals surface area contributed by atoms with Crippen LogP contribution in [0.1, 0.15) is 27.7 Å². The summed E-state index contributed by atoms with van der Waals surface area (Å²) < 4.78 is 4.78. The number of anilines is 2. The fourth-order valence-corrected chi connectivity index (χ4v) is 2.93. The number of amides is 3. The second kappa shape index (κ2) is 7.55. The number of para-hydroxylation sites is 2. The molecule has 0 fully saturated rings. The van der Waals surface area contributed by atoms with Gasteiger partial charge in [0.05, 0.1) is 18.5 Å². The molecule has 0 spiro atoms. The first-order valence-electron chi connectivity index (χ1n) is 8.35. The number of nitrogens with one attached hydrogen (secondary N) is 2. The SMILES string of the molecule is COC(=O)[C@H](NC(=O)N1c2ccccc2NC(=O)[C@H]1C(C)C)C(C)C. The van der Waals surface area contributed by atoms with Gasteiger partial charge < -0.3 is 15.4 Å². The van der Waals surface area contributed by atoms with E-state index >= 15 is 0 Å². The zero-order valence-electron chi connectivity index (χ0n) is 15.2. The summed E-state index contributed by atoms with van der Waals surface area (Å²) in [5.41, 5.74) is 1.17. The Kier molecular flexibility index (Phi) is 5.66. The molecule has 0 aromatic heterocycles. The van der Waals surface area contributed by atoms with Gasteiger partial charge in [-0.15, -0.1) is 0 Å². The lowest BCUT2D eigenvalue weighted by Gasteiger charge is -2.39. The average Bonchev–Trinajstić information content (AvgIpc) is 2.56. The molecule has 2 rings (SSSR count). The minimum atomic E-state index is -0.789. The molecule has 1 heterocycles. The highest BCUT2D eigenvalue weighted by molar-refractivity contribution is 6.12. The van der Waals surface area contributed by atoms with E-state index in [1.165, 1.54) is 12.0 Å². The Morgan fingerprint density at radius 1 is 1.20 bits per heavy atom. The Morgan fingerprint density at radius 3 is 2.40 bits per heavy atom. The molecule has 1 aliphatic heterocycles. The van der Waals surface area contributed by atoms with Crippen LogP contribution < -0.4 is 15.5 Å². The predicted molar refractivity (Wildman–Crippen MR) is 95.4 cm³/mol. The standard InChI is InChI=1S/C18H25N3O4/c1-10(2)14(17(23)25-5)20-18(24)21-13-9-7-6-8-12(13)19-16(22)15(21)11(3)4/h6-11,14-15H,1-5H3,(H,19,22)(H,20,24)/t14-,15-/m1/s1. The molecule has 1 aliphatic rings. The first kappa shape index (κ1) is 18.8. The van der Waals surface area contributed by atoms with Crippen LogP contribution in [0.15, 0.2) is 24.3 Å². The molecular weight excluding hydrogens is 322 g/mol. The molecule has 0 radical (unpaired) electrons. The van der Waals surface area contributed by atoms with E-state index in [9.17, 15) is 14.4 Å². The number of hydrogen-bond acceptors (Lipinski definition) is 4. The summed E-state index contributed by atoms with van der Waals surface area (Å²) in [4.78, 5) is 38.9. The summed E-state index contributed by atoms with van der Waals surface area (Å²) in [7, 11) is 1.28.